The smallest absolute Gasteiger partial charge is 0.374 e. The predicted molar refractivity (Wildman–Crippen MR) is 54.5 cm³/mol. The molecule has 0 unspecified atom stereocenters. The van der Waals surface area contributed by atoms with Crippen molar-refractivity contribution in [2.75, 3.05) is 4.90 Å². The van der Waals surface area contributed by atoms with Crippen molar-refractivity contribution in [3.63, 3.8) is 0 Å². The zero-order chi connectivity index (χ0) is 11.1. The van der Waals surface area contributed by atoms with Gasteiger partial charge in [0.2, 0.25) is 0 Å². The highest BCUT2D eigenvalue weighted by Crippen LogP contribution is 2.30. The van der Waals surface area contributed by atoms with E-state index in [4.69, 9.17) is 0 Å². The van der Waals surface area contributed by atoms with Gasteiger partial charge in [0.25, 0.3) is 0 Å². The largest absolute Gasteiger partial charge is 0.423 e. The number of carbonyl (C=O) groups excluding carboxylic acids is 2. The molecule has 1 saturated heterocycles. The maximum atomic E-state index is 11.5. The summed E-state index contributed by atoms with van der Waals surface area (Å²) in [6.07, 6.45) is -0.615. The first-order valence-electron chi connectivity index (χ1n) is 4.65. The standard InChI is InChI=1S/C11H11NO3/c1-11(2)9(13)15-10(14)12(11)8-6-4-3-5-7-8/h3-7H,1-2H3. The van der Waals surface area contributed by atoms with Crippen LogP contribution in [0.2, 0.25) is 0 Å². The van der Waals surface area contributed by atoms with E-state index in [2.05, 4.69) is 4.74 Å². The monoisotopic (exact) mass is 205 g/mol. The van der Waals surface area contributed by atoms with Crippen molar-refractivity contribution in [1.29, 1.82) is 0 Å². The highest BCUT2D eigenvalue weighted by atomic mass is 16.6. The Morgan fingerprint density at radius 2 is 1.73 bits per heavy atom. The van der Waals surface area contributed by atoms with Gasteiger partial charge in [0.15, 0.2) is 0 Å². The van der Waals surface area contributed by atoms with Gasteiger partial charge >= 0.3 is 12.1 Å². The minimum absolute atomic E-state index is 0.517. The number of anilines is 1. The summed E-state index contributed by atoms with van der Waals surface area (Å²) in [6.45, 7) is 3.32. The van der Waals surface area contributed by atoms with E-state index in [9.17, 15) is 9.59 Å². The molecule has 0 spiro atoms. The topological polar surface area (TPSA) is 46.6 Å². The van der Waals surface area contributed by atoms with Crippen LogP contribution in [0, 0.1) is 0 Å². The molecule has 15 heavy (non-hydrogen) atoms. The Balaban J connectivity index is 2.45. The Labute approximate surface area is 87.4 Å². The molecule has 0 N–H and O–H groups in total. The molecular formula is C11H11NO3. The molecule has 0 aliphatic carbocycles. The van der Waals surface area contributed by atoms with Crippen LogP contribution in [-0.4, -0.2) is 17.6 Å². The van der Waals surface area contributed by atoms with Crippen LogP contribution in [0.25, 0.3) is 0 Å². The summed E-state index contributed by atoms with van der Waals surface area (Å²) in [5.41, 5.74) is -0.267. The van der Waals surface area contributed by atoms with Gasteiger partial charge in [-0.25, -0.2) is 9.59 Å². The van der Waals surface area contributed by atoms with E-state index in [1.165, 1.54) is 4.90 Å². The number of rotatable bonds is 1. The van der Waals surface area contributed by atoms with Crippen molar-refractivity contribution >= 4 is 17.7 Å². The Hall–Kier alpha value is -1.84. The lowest BCUT2D eigenvalue weighted by atomic mass is 10.0. The second kappa shape index (κ2) is 3.08. The quantitative estimate of drug-likeness (QED) is 0.520. The maximum Gasteiger partial charge on any atom is 0.423 e. The maximum absolute atomic E-state index is 11.5. The summed E-state index contributed by atoms with van der Waals surface area (Å²) in [4.78, 5) is 24.2. The van der Waals surface area contributed by atoms with E-state index >= 15 is 0 Å². The molecule has 4 nitrogen and oxygen atoms in total. The van der Waals surface area contributed by atoms with Gasteiger partial charge < -0.3 is 4.74 Å². The first kappa shape index (κ1) is 9.71. The number of benzene rings is 1. The molecule has 0 atom stereocenters. The Kier molecular flexibility index (Phi) is 2.00. The summed E-state index contributed by atoms with van der Waals surface area (Å²) in [7, 11) is 0. The van der Waals surface area contributed by atoms with E-state index in [1.54, 1.807) is 26.0 Å². The molecule has 1 aliphatic heterocycles. The SMILES string of the molecule is CC1(C)C(=O)OC(=O)N1c1ccccc1. The lowest BCUT2D eigenvalue weighted by Gasteiger charge is -2.25. The van der Waals surface area contributed by atoms with Gasteiger partial charge in [0.05, 0.1) is 0 Å². The average Bonchev–Trinajstić information content (AvgIpc) is 2.37. The normalized spacial score (nSPS) is 19.2. The lowest BCUT2D eigenvalue weighted by molar-refractivity contribution is -0.137. The first-order chi connectivity index (χ1) is 7.03. The zero-order valence-corrected chi connectivity index (χ0v) is 8.56. The van der Waals surface area contributed by atoms with Crippen LogP contribution in [0.3, 0.4) is 0 Å². The van der Waals surface area contributed by atoms with Gasteiger partial charge in [-0.05, 0) is 26.0 Å². The summed E-state index contributed by atoms with van der Waals surface area (Å²) >= 11 is 0. The Morgan fingerprint density at radius 3 is 2.20 bits per heavy atom. The van der Waals surface area contributed by atoms with Gasteiger partial charge in [-0.1, -0.05) is 18.2 Å². The van der Waals surface area contributed by atoms with E-state index in [0.29, 0.717) is 5.69 Å². The molecule has 1 aromatic carbocycles. The van der Waals surface area contributed by atoms with Crippen LogP contribution in [0.15, 0.2) is 30.3 Å². The number of nitrogens with zero attached hydrogens (tertiary/aromatic N) is 1. The molecule has 4 heteroatoms. The third-order valence-electron chi connectivity index (χ3n) is 2.44. The second-order valence-electron chi connectivity index (χ2n) is 3.89. The van der Waals surface area contributed by atoms with Crippen LogP contribution in [0.5, 0.6) is 0 Å². The van der Waals surface area contributed by atoms with Crippen molar-refractivity contribution in [3.05, 3.63) is 30.3 Å². The number of carbonyl (C=O) groups is 2. The van der Waals surface area contributed by atoms with E-state index in [1.807, 2.05) is 18.2 Å². The van der Waals surface area contributed by atoms with Gasteiger partial charge in [-0.2, -0.15) is 0 Å². The predicted octanol–water partition coefficient (Wildman–Crippen LogP) is 1.95. The van der Waals surface area contributed by atoms with Crippen molar-refractivity contribution in [1.82, 2.24) is 0 Å². The highest BCUT2D eigenvalue weighted by molar-refractivity contribution is 6.09. The second-order valence-corrected chi connectivity index (χ2v) is 3.89. The van der Waals surface area contributed by atoms with Crippen LogP contribution in [0.1, 0.15) is 13.8 Å². The summed E-state index contributed by atoms with van der Waals surface area (Å²) in [6, 6.07) is 8.99. The third kappa shape index (κ3) is 1.38. The molecule has 1 aromatic rings. The van der Waals surface area contributed by atoms with E-state index < -0.39 is 17.6 Å². The molecule has 1 amide bonds. The van der Waals surface area contributed by atoms with Crippen LogP contribution >= 0.6 is 0 Å². The summed E-state index contributed by atoms with van der Waals surface area (Å²) < 4.78 is 4.59. The zero-order valence-electron chi connectivity index (χ0n) is 8.56. The molecule has 0 saturated carbocycles. The van der Waals surface area contributed by atoms with Gasteiger partial charge in [0, 0.05) is 5.69 Å². The van der Waals surface area contributed by atoms with Gasteiger partial charge in [-0.15, -0.1) is 0 Å². The van der Waals surface area contributed by atoms with Crippen LogP contribution in [0.4, 0.5) is 10.5 Å². The summed E-state index contributed by atoms with van der Waals surface area (Å²) in [5.74, 6) is -0.517. The van der Waals surface area contributed by atoms with Crippen molar-refractivity contribution in [2.45, 2.75) is 19.4 Å². The molecule has 78 valence electrons. The number of cyclic esters (lactones) is 2. The molecule has 0 aromatic heterocycles. The number of hydrogen-bond acceptors (Lipinski definition) is 3. The van der Waals surface area contributed by atoms with Gasteiger partial charge in [-0.3, -0.25) is 4.90 Å². The fourth-order valence-corrected chi connectivity index (χ4v) is 1.57. The fourth-order valence-electron chi connectivity index (χ4n) is 1.57. The Morgan fingerprint density at radius 1 is 1.13 bits per heavy atom. The molecule has 1 heterocycles. The number of hydrogen-bond donors (Lipinski definition) is 0. The van der Waals surface area contributed by atoms with Crippen molar-refractivity contribution in [3.8, 4) is 0 Å². The molecule has 0 bridgehead atoms. The molecular weight excluding hydrogens is 194 g/mol. The minimum Gasteiger partial charge on any atom is -0.374 e. The van der Waals surface area contributed by atoms with E-state index in [-0.39, 0.29) is 0 Å². The number of ether oxygens (including phenoxy) is 1. The van der Waals surface area contributed by atoms with E-state index in [0.717, 1.165) is 0 Å². The number of esters is 1. The average molecular weight is 205 g/mol. The van der Waals surface area contributed by atoms with Crippen molar-refractivity contribution < 1.29 is 14.3 Å². The molecule has 2 rings (SSSR count). The molecule has 1 fully saturated rings. The lowest BCUT2D eigenvalue weighted by Crippen LogP contribution is -2.44. The minimum atomic E-state index is -0.932. The molecule has 0 radical (unpaired) electrons. The van der Waals surface area contributed by atoms with Crippen LogP contribution < -0.4 is 4.90 Å². The third-order valence-corrected chi connectivity index (χ3v) is 2.44. The fraction of sp³-hybridized carbons (Fsp3) is 0.273. The van der Waals surface area contributed by atoms with Gasteiger partial charge in [0.1, 0.15) is 5.54 Å². The number of para-hydroxylation sites is 1. The first-order valence-corrected chi connectivity index (χ1v) is 4.65. The van der Waals surface area contributed by atoms with Crippen LogP contribution in [-0.2, 0) is 9.53 Å². The number of amides is 1. The highest BCUT2D eigenvalue weighted by Gasteiger charge is 2.49. The van der Waals surface area contributed by atoms with Crippen molar-refractivity contribution in [2.24, 2.45) is 0 Å². The molecule has 1 aliphatic rings. The Bertz CT molecular complexity index is 411. The summed E-state index contributed by atoms with van der Waals surface area (Å²) in [5, 5.41) is 0.